The molecule has 1 aliphatic rings. The number of para-hydroxylation sites is 1. The Morgan fingerprint density at radius 2 is 1.95 bits per heavy atom. The minimum absolute atomic E-state index is 0. The van der Waals surface area contributed by atoms with E-state index in [2.05, 4.69) is 36.5 Å². The molecular formula is C17H20ClFN3+. The smallest absolute Gasteiger partial charge is 0.204 e. The Balaban J connectivity index is 0.00000176. The van der Waals surface area contributed by atoms with E-state index in [4.69, 9.17) is 0 Å². The summed E-state index contributed by atoms with van der Waals surface area (Å²) in [6.07, 6.45) is 5.95. The maximum Gasteiger partial charge on any atom is 0.204 e. The first kappa shape index (κ1) is 16.6. The maximum atomic E-state index is 14.4. The van der Waals surface area contributed by atoms with E-state index in [1.807, 2.05) is 18.2 Å². The van der Waals surface area contributed by atoms with Crippen LogP contribution in [0.5, 0.6) is 0 Å². The Bertz CT molecular complexity index is 702. The average Bonchev–Trinajstić information content (AvgIpc) is 2.80. The second-order valence-corrected chi connectivity index (χ2v) is 5.29. The normalized spacial score (nSPS) is 19.3. The molecule has 116 valence electrons. The molecule has 0 saturated carbocycles. The van der Waals surface area contributed by atoms with Crippen LogP contribution in [0.1, 0.15) is 25.8 Å². The number of nitrogens with one attached hydrogen (secondary N) is 1. The van der Waals surface area contributed by atoms with Crippen LogP contribution in [0.25, 0.3) is 5.57 Å². The van der Waals surface area contributed by atoms with Crippen LogP contribution in [0.4, 0.5) is 15.8 Å². The number of fused-ring (bicyclic) bond motifs is 1. The molecule has 0 bridgehead atoms. The van der Waals surface area contributed by atoms with Crippen molar-refractivity contribution < 1.29 is 4.39 Å². The summed E-state index contributed by atoms with van der Waals surface area (Å²) in [4.78, 5) is 3.87. The van der Waals surface area contributed by atoms with Gasteiger partial charge in [-0.1, -0.05) is 19.1 Å². The molecule has 3 rings (SSSR count). The number of nitrogens with zero attached hydrogens (tertiary/aromatic N) is 2. The van der Waals surface area contributed by atoms with Gasteiger partial charge >= 0.3 is 0 Å². The number of allylic oxidation sites excluding steroid dienone is 1. The highest BCUT2D eigenvalue weighted by molar-refractivity contribution is 5.85. The van der Waals surface area contributed by atoms with Crippen LogP contribution in [0.3, 0.4) is 0 Å². The molecule has 2 heterocycles. The number of pyridine rings is 1. The van der Waals surface area contributed by atoms with E-state index >= 15 is 0 Å². The quantitative estimate of drug-likeness (QED) is 0.835. The molecule has 3 nitrogen and oxygen atoms in total. The Hall–Kier alpha value is -1.75. The monoisotopic (exact) mass is 320 g/mol. The first-order chi connectivity index (χ1) is 10.2. The fraction of sp³-hybridized carbons (Fsp3) is 0.235. The molecule has 5 heteroatoms. The number of hydrogen-bond donors (Lipinski definition) is 1. The lowest BCUT2D eigenvalue weighted by molar-refractivity contribution is 0.363. The first-order valence-electron chi connectivity index (χ1n) is 7.22. The number of aromatic nitrogens is 1. The molecule has 1 aromatic carbocycles. The van der Waals surface area contributed by atoms with Crippen molar-refractivity contribution in [3.63, 3.8) is 0 Å². The van der Waals surface area contributed by atoms with Crippen LogP contribution in [0, 0.1) is 5.82 Å². The molecule has 22 heavy (non-hydrogen) atoms. The lowest BCUT2D eigenvalue weighted by Crippen LogP contribution is -2.50. The Labute approximate surface area is 136 Å². The fourth-order valence-electron chi connectivity index (χ4n) is 2.90. The number of benzene rings is 1. The first-order valence-corrected chi connectivity index (χ1v) is 7.22. The summed E-state index contributed by atoms with van der Waals surface area (Å²) in [5, 5.41) is 0. The van der Waals surface area contributed by atoms with Crippen molar-refractivity contribution in [1.29, 1.82) is 0 Å². The third-order valence-corrected chi connectivity index (χ3v) is 3.84. The zero-order valence-corrected chi connectivity index (χ0v) is 13.5. The fourth-order valence-corrected chi connectivity index (χ4v) is 2.90. The van der Waals surface area contributed by atoms with Crippen molar-refractivity contribution in [2.45, 2.75) is 20.3 Å². The maximum absolute atomic E-state index is 14.4. The van der Waals surface area contributed by atoms with Gasteiger partial charge in [0.15, 0.2) is 5.69 Å². The summed E-state index contributed by atoms with van der Waals surface area (Å²) in [5.41, 5.74) is 7.40. The van der Waals surface area contributed by atoms with Crippen LogP contribution in [0.15, 0.2) is 48.9 Å². The number of halogens is 2. The highest BCUT2D eigenvalue weighted by Gasteiger charge is 2.41. The predicted octanol–water partition coefficient (Wildman–Crippen LogP) is 4.57. The van der Waals surface area contributed by atoms with Gasteiger partial charge in [0, 0.05) is 36.0 Å². The van der Waals surface area contributed by atoms with E-state index in [0.29, 0.717) is 5.69 Å². The van der Waals surface area contributed by atoms with Gasteiger partial charge in [-0.15, -0.1) is 12.4 Å². The zero-order chi connectivity index (χ0) is 14.9. The molecule has 1 unspecified atom stereocenters. The van der Waals surface area contributed by atoms with Gasteiger partial charge in [0.2, 0.25) is 11.5 Å². The largest absolute Gasteiger partial charge is 0.261 e. The molecule has 1 N–H and O–H groups in total. The van der Waals surface area contributed by atoms with Crippen LogP contribution >= 0.6 is 12.4 Å². The Kier molecular flexibility index (Phi) is 4.96. The van der Waals surface area contributed by atoms with Crippen LogP contribution in [-0.4, -0.2) is 11.5 Å². The highest BCUT2D eigenvalue weighted by Crippen LogP contribution is 2.45. The van der Waals surface area contributed by atoms with Crippen molar-refractivity contribution >= 4 is 29.4 Å². The summed E-state index contributed by atoms with van der Waals surface area (Å²) in [7, 11) is 0. The molecule has 0 fully saturated rings. The molecule has 1 aliphatic heterocycles. The minimum Gasteiger partial charge on any atom is -0.261 e. The summed E-state index contributed by atoms with van der Waals surface area (Å²) < 4.78 is 14.6. The third-order valence-electron chi connectivity index (χ3n) is 3.84. The van der Waals surface area contributed by atoms with E-state index in [-0.39, 0.29) is 22.8 Å². The van der Waals surface area contributed by atoms with Crippen molar-refractivity contribution in [2.24, 2.45) is 0 Å². The van der Waals surface area contributed by atoms with Gasteiger partial charge in [-0.3, -0.25) is 4.98 Å². The van der Waals surface area contributed by atoms with E-state index in [9.17, 15) is 4.39 Å². The molecule has 0 aliphatic carbocycles. The standard InChI is InChI=1S/C17H19FN3.ClH/c1-3-9-20-21(17-8-10-19-11-15(17)18)12-13(2)14-6-4-5-7-16(14)21;/h4-8,10-12,20H,3,9H2,1-2H3;1H/q+1;. The molecule has 0 radical (unpaired) electrons. The van der Waals surface area contributed by atoms with Gasteiger partial charge in [0.1, 0.15) is 6.20 Å². The van der Waals surface area contributed by atoms with Gasteiger partial charge in [-0.2, -0.15) is 14.4 Å². The van der Waals surface area contributed by atoms with Crippen molar-refractivity contribution in [2.75, 3.05) is 6.54 Å². The van der Waals surface area contributed by atoms with Gasteiger partial charge < -0.3 is 0 Å². The predicted molar refractivity (Wildman–Crippen MR) is 91.3 cm³/mol. The summed E-state index contributed by atoms with van der Waals surface area (Å²) >= 11 is 0. The molecule has 1 atom stereocenters. The van der Waals surface area contributed by atoms with Gasteiger partial charge in [-0.25, -0.2) is 0 Å². The van der Waals surface area contributed by atoms with Crippen molar-refractivity contribution in [3.8, 4) is 0 Å². The van der Waals surface area contributed by atoms with Crippen LogP contribution in [-0.2, 0) is 0 Å². The lowest BCUT2D eigenvalue weighted by Gasteiger charge is -2.31. The van der Waals surface area contributed by atoms with Crippen LogP contribution in [0.2, 0.25) is 0 Å². The molecule has 2 aromatic rings. The Morgan fingerprint density at radius 1 is 1.18 bits per heavy atom. The van der Waals surface area contributed by atoms with Gasteiger partial charge in [-0.05, 0) is 19.4 Å². The third kappa shape index (κ3) is 2.54. The van der Waals surface area contributed by atoms with E-state index < -0.39 is 0 Å². The summed E-state index contributed by atoms with van der Waals surface area (Å²) in [6, 6.07) is 9.87. The second-order valence-electron chi connectivity index (χ2n) is 5.29. The van der Waals surface area contributed by atoms with E-state index in [1.165, 1.54) is 6.20 Å². The van der Waals surface area contributed by atoms with Crippen LogP contribution < -0.4 is 10.0 Å². The average molecular weight is 321 g/mol. The number of rotatable bonds is 4. The summed E-state index contributed by atoms with van der Waals surface area (Å²) in [5.74, 6) is -0.304. The summed E-state index contributed by atoms with van der Waals surface area (Å²) in [6.45, 7) is 4.95. The number of quaternary nitrogens is 1. The van der Waals surface area contributed by atoms with Gasteiger partial charge in [0.05, 0.1) is 6.20 Å². The second kappa shape index (κ2) is 6.57. The Morgan fingerprint density at radius 3 is 2.68 bits per heavy atom. The van der Waals surface area contributed by atoms with E-state index in [1.54, 1.807) is 12.3 Å². The molecule has 1 aromatic heterocycles. The highest BCUT2D eigenvalue weighted by atomic mass is 35.5. The van der Waals surface area contributed by atoms with Crippen molar-refractivity contribution in [3.05, 3.63) is 60.3 Å². The minimum atomic E-state index is -0.304. The van der Waals surface area contributed by atoms with Crippen molar-refractivity contribution in [1.82, 2.24) is 15.0 Å². The molecule has 0 amide bonds. The molecular weight excluding hydrogens is 301 g/mol. The molecule has 0 saturated heterocycles. The lowest BCUT2D eigenvalue weighted by atomic mass is 10.1. The number of hydrogen-bond acceptors (Lipinski definition) is 2. The van der Waals surface area contributed by atoms with Gasteiger partial charge in [0.25, 0.3) is 0 Å². The van der Waals surface area contributed by atoms with E-state index in [0.717, 1.165) is 29.8 Å². The molecule has 0 spiro atoms. The zero-order valence-electron chi connectivity index (χ0n) is 12.7. The SMILES string of the molecule is CCCN[N+]1(c2ccncc2F)C=C(C)c2ccccc21.Cl. The topological polar surface area (TPSA) is 24.9 Å².